The van der Waals surface area contributed by atoms with Gasteiger partial charge in [0, 0.05) is 0 Å². The maximum Gasteiger partial charge on any atom is 0.211 e. The lowest BCUT2D eigenvalue weighted by atomic mass is 10.1. The van der Waals surface area contributed by atoms with Gasteiger partial charge in [-0.2, -0.15) is 10.2 Å². The molecule has 0 aliphatic rings. The average molecular weight is 347 g/mol. The minimum absolute atomic E-state index is 0. The molecule has 0 radical (unpaired) electrons. The van der Waals surface area contributed by atoms with Gasteiger partial charge in [0.25, 0.3) is 0 Å². The molecular formula is C12H20Cl2N8. The van der Waals surface area contributed by atoms with E-state index in [0.717, 1.165) is 11.1 Å². The van der Waals surface area contributed by atoms with Crippen LogP contribution in [-0.4, -0.2) is 23.3 Å². The van der Waals surface area contributed by atoms with Crippen LogP contribution >= 0.6 is 24.8 Å². The van der Waals surface area contributed by atoms with Crippen LogP contribution in [0.2, 0.25) is 0 Å². The number of rotatable bonds is 4. The Hall–Kier alpha value is -2.32. The van der Waals surface area contributed by atoms with Gasteiger partial charge in [0.1, 0.15) is 0 Å². The van der Waals surface area contributed by atoms with Crippen LogP contribution in [0, 0.1) is 0 Å². The van der Waals surface area contributed by atoms with E-state index in [4.69, 9.17) is 22.9 Å². The van der Waals surface area contributed by atoms with Gasteiger partial charge in [0.05, 0.1) is 11.4 Å². The third kappa shape index (κ3) is 7.46. The molecule has 0 fully saturated rings. The van der Waals surface area contributed by atoms with Crippen LogP contribution in [0.25, 0.3) is 0 Å². The molecule has 0 aliphatic heterocycles. The molecule has 0 heterocycles. The Bertz CT molecular complexity index is 529. The summed E-state index contributed by atoms with van der Waals surface area (Å²) in [5.41, 5.74) is 24.0. The van der Waals surface area contributed by atoms with Gasteiger partial charge in [0.15, 0.2) is 0 Å². The van der Waals surface area contributed by atoms with Gasteiger partial charge >= 0.3 is 0 Å². The fraction of sp³-hybridized carbons (Fsp3) is 0.167. The molecule has 8 N–H and O–H groups in total. The summed E-state index contributed by atoms with van der Waals surface area (Å²) in [6.45, 7) is 3.61. The molecule has 10 heteroatoms. The molecule has 8 nitrogen and oxygen atoms in total. The zero-order valence-electron chi connectivity index (χ0n) is 12.2. The second-order valence-corrected chi connectivity index (χ2v) is 4.00. The van der Waals surface area contributed by atoms with E-state index in [-0.39, 0.29) is 36.7 Å². The molecule has 0 aromatic heterocycles. The highest BCUT2D eigenvalue weighted by atomic mass is 35.5. The molecule has 1 rings (SSSR count). The van der Waals surface area contributed by atoms with Gasteiger partial charge in [-0.3, -0.25) is 0 Å². The molecule has 0 atom stereocenters. The first-order valence-electron chi connectivity index (χ1n) is 5.77. The average Bonchev–Trinajstić information content (AvgIpc) is 2.42. The number of guanidine groups is 2. The van der Waals surface area contributed by atoms with E-state index in [2.05, 4.69) is 20.4 Å². The van der Waals surface area contributed by atoms with Crippen molar-refractivity contribution in [2.75, 3.05) is 0 Å². The van der Waals surface area contributed by atoms with Gasteiger partial charge in [0.2, 0.25) is 11.9 Å². The van der Waals surface area contributed by atoms with Crippen molar-refractivity contribution in [3.63, 3.8) is 0 Å². The normalized spacial score (nSPS) is 10.8. The Labute approximate surface area is 141 Å². The summed E-state index contributed by atoms with van der Waals surface area (Å²) < 4.78 is 0. The lowest BCUT2D eigenvalue weighted by Gasteiger charge is -2.02. The smallest absolute Gasteiger partial charge is 0.211 e. The maximum atomic E-state index is 5.21. The molecule has 0 aliphatic carbocycles. The van der Waals surface area contributed by atoms with Crippen molar-refractivity contribution in [3.8, 4) is 0 Å². The van der Waals surface area contributed by atoms with E-state index in [0.29, 0.717) is 11.4 Å². The summed E-state index contributed by atoms with van der Waals surface area (Å²) in [4.78, 5) is 0. The fourth-order valence-corrected chi connectivity index (χ4v) is 1.33. The number of halogens is 2. The number of nitrogens with zero attached hydrogens (tertiary/aromatic N) is 4. The Kier molecular flexibility index (Phi) is 10.4. The molecule has 122 valence electrons. The molecule has 0 saturated heterocycles. The number of hydrogen-bond acceptors (Lipinski definition) is 4. The summed E-state index contributed by atoms with van der Waals surface area (Å²) in [7, 11) is 0. The number of hydrogen-bond donors (Lipinski definition) is 4. The van der Waals surface area contributed by atoms with Gasteiger partial charge in [-0.25, -0.2) is 0 Å². The largest absolute Gasteiger partial charge is 0.369 e. The van der Waals surface area contributed by atoms with Crippen LogP contribution in [0.4, 0.5) is 0 Å². The van der Waals surface area contributed by atoms with Crippen molar-refractivity contribution in [2.24, 2.45) is 43.3 Å². The van der Waals surface area contributed by atoms with Crippen LogP contribution in [0.3, 0.4) is 0 Å². The minimum atomic E-state index is -0.0822. The topological polar surface area (TPSA) is 154 Å². The predicted molar refractivity (Wildman–Crippen MR) is 97.0 cm³/mol. The van der Waals surface area contributed by atoms with Crippen LogP contribution in [-0.2, 0) is 0 Å². The first-order chi connectivity index (χ1) is 9.40. The standard InChI is InChI=1S/C12H18N8.2ClH/c1-7(17-19-11(13)14)9-3-5-10(6-4-9)8(2)18-20-12(15)16;;/h3-6H,1-2H3,(H4,13,14,19)(H4,15,16,20);2*1H/b17-7+,18-8+;;. The lowest BCUT2D eigenvalue weighted by molar-refractivity contribution is 1.19. The second kappa shape index (κ2) is 10.4. The Morgan fingerprint density at radius 2 is 0.909 bits per heavy atom. The zero-order valence-corrected chi connectivity index (χ0v) is 13.9. The molecule has 1 aromatic rings. The Morgan fingerprint density at radius 1 is 0.636 bits per heavy atom. The van der Waals surface area contributed by atoms with E-state index in [9.17, 15) is 0 Å². The van der Waals surface area contributed by atoms with Crippen LogP contribution in [0.1, 0.15) is 25.0 Å². The quantitative estimate of drug-likeness (QED) is 0.356. The minimum Gasteiger partial charge on any atom is -0.369 e. The van der Waals surface area contributed by atoms with Gasteiger partial charge < -0.3 is 22.9 Å². The van der Waals surface area contributed by atoms with Gasteiger partial charge in [-0.05, 0) is 25.0 Å². The third-order valence-electron chi connectivity index (χ3n) is 2.35. The highest BCUT2D eigenvalue weighted by Crippen LogP contribution is 2.07. The predicted octanol–water partition coefficient (Wildman–Crippen LogP) is 0.525. The number of benzene rings is 1. The molecule has 0 spiro atoms. The van der Waals surface area contributed by atoms with Crippen molar-refractivity contribution in [1.29, 1.82) is 0 Å². The van der Waals surface area contributed by atoms with Crippen LogP contribution < -0.4 is 22.9 Å². The molecular weight excluding hydrogens is 327 g/mol. The summed E-state index contributed by atoms with van der Waals surface area (Å²) in [5.74, 6) is -0.164. The molecule has 0 unspecified atom stereocenters. The van der Waals surface area contributed by atoms with E-state index >= 15 is 0 Å². The van der Waals surface area contributed by atoms with Crippen molar-refractivity contribution in [3.05, 3.63) is 35.4 Å². The fourth-order valence-electron chi connectivity index (χ4n) is 1.33. The molecule has 0 amide bonds. The zero-order chi connectivity index (χ0) is 15.1. The SMILES string of the molecule is C/C(=N\N=C(N)N)c1ccc(/C(C)=N/N=C(N)N)cc1.Cl.Cl. The lowest BCUT2D eigenvalue weighted by Crippen LogP contribution is -2.22. The van der Waals surface area contributed by atoms with Crippen molar-refractivity contribution in [2.45, 2.75) is 13.8 Å². The first-order valence-corrected chi connectivity index (χ1v) is 5.77. The Balaban J connectivity index is 0. The first kappa shape index (κ1) is 22.0. The van der Waals surface area contributed by atoms with Crippen molar-refractivity contribution >= 4 is 48.2 Å². The van der Waals surface area contributed by atoms with E-state index in [1.807, 2.05) is 38.1 Å². The van der Waals surface area contributed by atoms with Gasteiger partial charge in [-0.15, -0.1) is 35.0 Å². The monoisotopic (exact) mass is 346 g/mol. The van der Waals surface area contributed by atoms with E-state index in [1.165, 1.54) is 0 Å². The molecule has 0 bridgehead atoms. The molecule has 0 saturated carbocycles. The van der Waals surface area contributed by atoms with E-state index < -0.39 is 0 Å². The summed E-state index contributed by atoms with van der Waals surface area (Å²) in [5, 5.41) is 15.0. The third-order valence-corrected chi connectivity index (χ3v) is 2.35. The highest BCUT2D eigenvalue weighted by Gasteiger charge is 2.00. The molecule has 1 aromatic carbocycles. The van der Waals surface area contributed by atoms with Crippen molar-refractivity contribution in [1.82, 2.24) is 0 Å². The van der Waals surface area contributed by atoms with Crippen LogP contribution in [0.15, 0.2) is 44.7 Å². The summed E-state index contributed by atoms with van der Waals surface area (Å²) >= 11 is 0. The van der Waals surface area contributed by atoms with Gasteiger partial charge in [-0.1, -0.05) is 24.3 Å². The maximum absolute atomic E-state index is 5.21. The molecule has 22 heavy (non-hydrogen) atoms. The van der Waals surface area contributed by atoms with Crippen LogP contribution in [0.5, 0.6) is 0 Å². The Morgan fingerprint density at radius 3 is 1.14 bits per heavy atom. The summed E-state index contributed by atoms with van der Waals surface area (Å²) in [6.07, 6.45) is 0. The number of nitrogens with two attached hydrogens (primary N) is 4. The second-order valence-electron chi connectivity index (χ2n) is 4.00. The summed E-state index contributed by atoms with van der Waals surface area (Å²) in [6, 6.07) is 7.52. The van der Waals surface area contributed by atoms with Crippen molar-refractivity contribution < 1.29 is 0 Å². The van der Waals surface area contributed by atoms with E-state index in [1.54, 1.807) is 0 Å². The highest BCUT2D eigenvalue weighted by molar-refractivity contribution is 6.02.